The summed E-state index contributed by atoms with van der Waals surface area (Å²) in [5.74, 6) is -3.38. The molecule has 6 nitrogen and oxygen atoms in total. The molecule has 0 radical (unpaired) electrons. The number of carbonyl (C=O) groups is 2. The number of imidazole rings is 1. The van der Waals surface area contributed by atoms with E-state index in [1.165, 1.54) is 16.7 Å². The highest BCUT2D eigenvalue weighted by molar-refractivity contribution is 6.10. The SMILES string of the molecule is O=C(Nc1ccccc1)c1nc(C(=O)Nc2c(F)cccc2F)n2ccccc12. The van der Waals surface area contributed by atoms with Gasteiger partial charge in [-0.15, -0.1) is 0 Å². The summed E-state index contributed by atoms with van der Waals surface area (Å²) in [5, 5.41) is 4.89. The van der Waals surface area contributed by atoms with Gasteiger partial charge in [-0.25, -0.2) is 13.8 Å². The molecule has 0 bridgehead atoms. The number of halogens is 2. The molecule has 0 atom stereocenters. The second-order valence-electron chi connectivity index (χ2n) is 6.11. The Morgan fingerprint density at radius 3 is 2.21 bits per heavy atom. The first-order chi connectivity index (χ1) is 14.0. The third-order valence-corrected chi connectivity index (χ3v) is 4.20. The first kappa shape index (κ1) is 18.3. The molecule has 4 rings (SSSR count). The summed E-state index contributed by atoms with van der Waals surface area (Å²) in [6, 6.07) is 17.0. The number of hydrogen-bond donors (Lipinski definition) is 2. The molecule has 144 valence electrons. The molecular formula is C21H14F2N4O2. The Kier molecular flexibility index (Phi) is 4.74. The van der Waals surface area contributed by atoms with Crippen molar-refractivity contribution in [1.29, 1.82) is 0 Å². The number of hydrogen-bond acceptors (Lipinski definition) is 3. The molecule has 2 N–H and O–H groups in total. The van der Waals surface area contributed by atoms with Crippen molar-refractivity contribution < 1.29 is 18.4 Å². The van der Waals surface area contributed by atoms with Crippen LogP contribution in [-0.2, 0) is 0 Å². The molecular weight excluding hydrogens is 378 g/mol. The molecule has 0 aliphatic rings. The maximum absolute atomic E-state index is 13.9. The Balaban J connectivity index is 1.70. The summed E-state index contributed by atoms with van der Waals surface area (Å²) >= 11 is 0. The lowest BCUT2D eigenvalue weighted by molar-refractivity contribution is 0.101. The highest BCUT2D eigenvalue weighted by atomic mass is 19.1. The predicted octanol–water partition coefficient (Wildman–Crippen LogP) is 4.12. The number of anilines is 2. The average Bonchev–Trinajstić information content (AvgIpc) is 3.11. The lowest BCUT2D eigenvalue weighted by atomic mass is 10.3. The van der Waals surface area contributed by atoms with Gasteiger partial charge in [-0.3, -0.25) is 14.0 Å². The van der Waals surface area contributed by atoms with Gasteiger partial charge in [0.2, 0.25) is 5.82 Å². The van der Waals surface area contributed by atoms with Gasteiger partial charge in [0.05, 0.1) is 5.52 Å². The number of fused-ring (bicyclic) bond motifs is 1. The lowest BCUT2D eigenvalue weighted by Crippen LogP contribution is -2.18. The fourth-order valence-corrected chi connectivity index (χ4v) is 2.86. The summed E-state index contributed by atoms with van der Waals surface area (Å²) in [4.78, 5) is 29.5. The molecule has 0 saturated heterocycles. The van der Waals surface area contributed by atoms with Crippen LogP contribution in [0.25, 0.3) is 5.52 Å². The highest BCUT2D eigenvalue weighted by Gasteiger charge is 2.23. The first-order valence-electron chi connectivity index (χ1n) is 8.63. The number of amides is 2. The van der Waals surface area contributed by atoms with Gasteiger partial charge in [0.25, 0.3) is 11.8 Å². The van der Waals surface area contributed by atoms with E-state index in [0.717, 1.165) is 12.1 Å². The van der Waals surface area contributed by atoms with E-state index < -0.39 is 29.1 Å². The van der Waals surface area contributed by atoms with Gasteiger partial charge < -0.3 is 10.6 Å². The van der Waals surface area contributed by atoms with Crippen molar-refractivity contribution >= 4 is 28.7 Å². The van der Waals surface area contributed by atoms with E-state index >= 15 is 0 Å². The topological polar surface area (TPSA) is 75.5 Å². The number of rotatable bonds is 4. The van der Waals surface area contributed by atoms with E-state index in [1.54, 1.807) is 42.5 Å². The predicted molar refractivity (Wildman–Crippen MR) is 104 cm³/mol. The number of benzene rings is 2. The van der Waals surface area contributed by atoms with Crippen molar-refractivity contribution in [2.75, 3.05) is 10.6 Å². The van der Waals surface area contributed by atoms with Crippen LogP contribution in [-0.4, -0.2) is 21.2 Å². The monoisotopic (exact) mass is 392 g/mol. The van der Waals surface area contributed by atoms with Crippen molar-refractivity contribution in [3.63, 3.8) is 0 Å². The zero-order valence-corrected chi connectivity index (χ0v) is 14.9. The Morgan fingerprint density at radius 2 is 1.48 bits per heavy atom. The lowest BCUT2D eigenvalue weighted by Gasteiger charge is -2.06. The van der Waals surface area contributed by atoms with Crippen LogP contribution in [0.4, 0.5) is 20.2 Å². The Labute approximate surface area is 163 Å². The Morgan fingerprint density at radius 1 is 0.793 bits per heavy atom. The minimum absolute atomic E-state index is 0.00797. The summed E-state index contributed by atoms with van der Waals surface area (Å²) in [6.45, 7) is 0. The molecule has 0 aliphatic heterocycles. The zero-order valence-electron chi connectivity index (χ0n) is 14.9. The maximum atomic E-state index is 13.9. The van der Waals surface area contributed by atoms with Crippen molar-refractivity contribution in [2.24, 2.45) is 0 Å². The van der Waals surface area contributed by atoms with Gasteiger partial charge in [-0.1, -0.05) is 30.3 Å². The number of nitrogens with zero attached hydrogens (tertiary/aromatic N) is 2. The van der Waals surface area contributed by atoms with E-state index in [1.807, 2.05) is 6.07 Å². The minimum atomic E-state index is -0.916. The van der Waals surface area contributed by atoms with Crippen LogP contribution in [0.1, 0.15) is 21.1 Å². The molecule has 2 aromatic heterocycles. The van der Waals surface area contributed by atoms with Crippen LogP contribution in [0.15, 0.2) is 72.9 Å². The average molecular weight is 392 g/mol. The quantitative estimate of drug-likeness (QED) is 0.549. The fraction of sp³-hybridized carbons (Fsp3) is 0. The van der Waals surface area contributed by atoms with Gasteiger partial charge in [-0.2, -0.15) is 0 Å². The van der Waals surface area contributed by atoms with Crippen molar-refractivity contribution in [1.82, 2.24) is 9.38 Å². The van der Waals surface area contributed by atoms with E-state index in [4.69, 9.17) is 0 Å². The maximum Gasteiger partial charge on any atom is 0.292 e. The molecule has 0 aliphatic carbocycles. The summed E-state index contributed by atoms with van der Waals surface area (Å²) in [6.07, 6.45) is 1.54. The van der Waals surface area contributed by atoms with Crippen LogP contribution in [0.5, 0.6) is 0 Å². The Bertz CT molecular complexity index is 1200. The molecule has 2 amide bonds. The third kappa shape index (κ3) is 3.55. The fourth-order valence-electron chi connectivity index (χ4n) is 2.86. The van der Waals surface area contributed by atoms with Gasteiger partial charge in [0, 0.05) is 11.9 Å². The normalized spacial score (nSPS) is 10.7. The smallest absolute Gasteiger partial charge is 0.292 e. The van der Waals surface area contributed by atoms with Crippen molar-refractivity contribution in [3.8, 4) is 0 Å². The molecule has 2 heterocycles. The molecule has 4 aromatic rings. The number of nitrogens with one attached hydrogen (secondary N) is 2. The van der Waals surface area contributed by atoms with Crippen LogP contribution in [0.2, 0.25) is 0 Å². The summed E-state index contributed by atoms with van der Waals surface area (Å²) in [5.41, 5.74) is 0.364. The standard InChI is InChI=1S/C21H14F2N4O2/c22-14-9-6-10-15(23)17(14)26-21(29)19-25-18(16-11-4-5-12-27(16)19)20(28)24-13-7-2-1-3-8-13/h1-12H,(H,24,28)(H,26,29). The molecule has 2 aromatic carbocycles. The molecule has 29 heavy (non-hydrogen) atoms. The molecule has 8 heteroatoms. The van der Waals surface area contributed by atoms with Crippen molar-refractivity contribution in [2.45, 2.75) is 0 Å². The van der Waals surface area contributed by atoms with E-state index in [0.29, 0.717) is 11.2 Å². The molecule has 0 saturated carbocycles. The van der Waals surface area contributed by atoms with Crippen LogP contribution in [0.3, 0.4) is 0 Å². The number of para-hydroxylation sites is 2. The largest absolute Gasteiger partial charge is 0.321 e. The van der Waals surface area contributed by atoms with E-state index in [9.17, 15) is 18.4 Å². The second-order valence-corrected chi connectivity index (χ2v) is 6.11. The van der Waals surface area contributed by atoms with Gasteiger partial charge in [-0.05, 0) is 36.4 Å². The second kappa shape index (κ2) is 7.51. The molecule has 0 unspecified atom stereocenters. The van der Waals surface area contributed by atoms with Crippen LogP contribution in [0, 0.1) is 11.6 Å². The van der Waals surface area contributed by atoms with Crippen LogP contribution >= 0.6 is 0 Å². The molecule has 0 fully saturated rings. The van der Waals surface area contributed by atoms with Gasteiger partial charge in [0.15, 0.2) is 5.69 Å². The van der Waals surface area contributed by atoms with E-state index in [2.05, 4.69) is 15.6 Å². The van der Waals surface area contributed by atoms with Gasteiger partial charge >= 0.3 is 0 Å². The summed E-state index contributed by atoms with van der Waals surface area (Å²) < 4.78 is 29.1. The highest BCUT2D eigenvalue weighted by Crippen LogP contribution is 2.20. The summed E-state index contributed by atoms with van der Waals surface area (Å²) in [7, 11) is 0. The number of aromatic nitrogens is 2. The minimum Gasteiger partial charge on any atom is -0.321 e. The third-order valence-electron chi connectivity index (χ3n) is 4.20. The van der Waals surface area contributed by atoms with E-state index in [-0.39, 0.29) is 11.5 Å². The van der Waals surface area contributed by atoms with Gasteiger partial charge in [0.1, 0.15) is 17.3 Å². The zero-order chi connectivity index (χ0) is 20.4. The number of carbonyl (C=O) groups excluding carboxylic acids is 2. The first-order valence-corrected chi connectivity index (χ1v) is 8.63. The van der Waals surface area contributed by atoms with Crippen molar-refractivity contribution in [3.05, 3.63) is 96.1 Å². The number of pyridine rings is 1. The molecule has 0 spiro atoms. The Hall–Kier alpha value is -4.07. The van der Waals surface area contributed by atoms with Crippen LogP contribution < -0.4 is 10.6 Å².